The van der Waals surface area contributed by atoms with Gasteiger partial charge in [0.05, 0.1) is 0 Å². The highest BCUT2D eigenvalue weighted by molar-refractivity contribution is 6.27. The van der Waals surface area contributed by atoms with Crippen LogP contribution in [0.15, 0.2) is 23.3 Å². The van der Waals surface area contributed by atoms with Gasteiger partial charge in [-0.05, 0) is 26.3 Å². The molecule has 0 aliphatic heterocycles. The van der Waals surface area contributed by atoms with Crippen molar-refractivity contribution < 1.29 is 19.8 Å². The van der Waals surface area contributed by atoms with Crippen LogP contribution < -0.4 is 5.73 Å². The van der Waals surface area contributed by atoms with Crippen molar-refractivity contribution in [3.63, 3.8) is 0 Å². The highest BCUT2D eigenvalue weighted by Gasteiger charge is 2.04. The van der Waals surface area contributed by atoms with Crippen LogP contribution in [0, 0.1) is 0 Å². The fourth-order valence-electron chi connectivity index (χ4n) is 1.13. The summed E-state index contributed by atoms with van der Waals surface area (Å²) in [5.74, 6) is -3.65. The van der Waals surface area contributed by atoms with Crippen molar-refractivity contribution in [1.82, 2.24) is 0 Å². The Bertz CT molecular complexity index is 293. The summed E-state index contributed by atoms with van der Waals surface area (Å²) < 4.78 is 0. The number of carbonyl (C=O) groups is 2. The number of allylic oxidation sites excluding steroid dienone is 3. The summed E-state index contributed by atoms with van der Waals surface area (Å²) in [5, 5.41) is 14.8. The lowest BCUT2D eigenvalue weighted by Crippen LogP contribution is -2.09. The number of carboxylic acids is 2. The molecule has 0 spiro atoms. The van der Waals surface area contributed by atoms with Gasteiger partial charge in [0.25, 0.3) is 0 Å². The predicted molar refractivity (Wildman–Crippen MR) is 55.4 cm³/mol. The molecule has 4 N–H and O–H groups in total. The lowest BCUT2D eigenvalue weighted by atomic mass is 10.1. The molecule has 0 unspecified atom stereocenters. The van der Waals surface area contributed by atoms with Crippen LogP contribution in [0.1, 0.15) is 19.8 Å². The SMILES string of the molecule is CC1=C(CCN)CC=C1.O=C(O)C(=O)O. The Kier molecular flexibility index (Phi) is 6.05. The average molecular weight is 213 g/mol. The third-order valence-corrected chi connectivity index (χ3v) is 1.92. The van der Waals surface area contributed by atoms with E-state index in [1.807, 2.05) is 0 Å². The normalized spacial score (nSPS) is 13.5. The minimum atomic E-state index is -1.82. The number of nitrogens with two attached hydrogens (primary N) is 1. The van der Waals surface area contributed by atoms with E-state index < -0.39 is 11.9 Å². The summed E-state index contributed by atoms with van der Waals surface area (Å²) in [6.07, 6.45) is 6.56. The van der Waals surface area contributed by atoms with Gasteiger partial charge in [-0.3, -0.25) is 0 Å². The van der Waals surface area contributed by atoms with Crippen molar-refractivity contribution in [2.75, 3.05) is 6.54 Å². The molecule has 0 radical (unpaired) electrons. The van der Waals surface area contributed by atoms with E-state index in [9.17, 15) is 0 Å². The summed E-state index contributed by atoms with van der Waals surface area (Å²) in [6, 6.07) is 0. The molecule has 1 rings (SSSR count). The minimum Gasteiger partial charge on any atom is -0.473 e. The van der Waals surface area contributed by atoms with Crippen molar-refractivity contribution in [3.8, 4) is 0 Å². The van der Waals surface area contributed by atoms with E-state index in [-0.39, 0.29) is 0 Å². The van der Waals surface area contributed by atoms with Crippen molar-refractivity contribution in [2.24, 2.45) is 5.73 Å². The van der Waals surface area contributed by atoms with E-state index >= 15 is 0 Å². The number of hydrogen-bond acceptors (Lipinski definition) is 3. The van der Waals surface area contributed by atoms with Crippen LogP contribution in [0.25, 0.3) is 0 Å². The van der Waals surface area contributed by atoms with Gasteiger partial charge < -0.3 is 15.9 Å². The quantitative estimate of drug-likeness (QED) is 0.588. The molecule has 0 aromatic carbocycles. The van der Waals surface area contributed by atoms with Gasteiger partial charge in [0, 0.05) is 0 Å². The van der Waals surface area contributed by atoms with Crippen LogP contribution in [0.3, 0.4) is 0 Å². The smallest absolute Gasteiger partial charge is 0.414 e. The van der Waals surface area contributed by atoms with E-state index in [1.54, 1.807) is 0 Å². The van der Waals surface area contributed by atoms with Crippen LogP contribution in [0.5, 0.6) is 0 Å². The zero-order chi connectivity index (χ0) is 11.8. The molecule has 0 heterocycles. The second kappa shape index (κ2) is 6.78. The van der Waals surface area contributed by atoms with Gasteiger partial charge in [-0.1, -0.05) is 23.3 Å². The molecule has 0 amide bonds. The van der Waals surface area contributed by atoms with Gasteiger partial charge in [-0.25, -0.2) is 9.59 Å². The van der Waals surface area contributed by atoms with Crippen LogP contribution in [-0.4, -0.2) is 28.7 Å². The van der Waals surface area contributed by atoms with E-state index in [4.69, 9.17) is 25.5 Å². The molecule has 0 aromatic rings. The molecule has 0 saturated carbocycles. The van der Waals surface area contributed by atoms with Gasteiger partial charge in [0.1, 0.15) is 0 Å². The van der Waals surface area contributed by atoms with Crippen molar-refractivity contribution >= 4 is 11.9 Å². The van der Waals surface area contributed by atoms with Crippen LogP contribution in [-0.2, 0) is 9.59 Å². The molecular formula is C10H15NO4. The van der Waals surface area contributed by atoms with E-state index in [2.05, 4.69) is 19.1 Å². The second-order valence-corrected chi connectivity index (χ2v) is 3.04. The Labute approximate surface area is 87.9 Å². The maximum atomic E-state index is 9.10. The van der Waals surface area contributed by atoms with Gasteiger partial charge >= 0.3 is 11.9 Å². The highest BCUT2D eigenvalue weighted by atomic mass is 16.4. The second-order valence-electron chi connectivity index (χ2n) is 3.04. The zero-order valence-corrected chi connectivity index (χ0v) is 8.56. The third-order valence-electron chi connectivity index (χ3n) is 1.92. The van der Waals surface area contributed by atoms with Crippen molar-refractivity contribution in [3.05, 3.63) is 23.3 Å². The number of aliphatic carboxylic acids is 2. The molecule has 15 heavy (non-hydrogen) atoms. The largest absolute Gasteiger partial charge is 0.473 e. The summed E-state index contributed by atoms with van der Waals surface area (Å²) in [6.45, 7) is 2.93. The van der Waals surface area contributed by atoms with Crippen LogP contribution in [0.2, 0.25) is 0 Å². The first kappa shape index (κ1) is 13.4. The third kappa shape index (κ3) is 5.64. The molecule has 0 bridgehead atoms. The molecule has 0 atom stereocenters. The van der Waals surface area contributed by atoms with Gasteiger partial charge in [0.2, 0.25) is 0 Å². The Hall–Kier alpha value is -1.62. The Morgan fingerprint density at radius 2 is 1.93 bits per heavy atom. The van der Waals surface area contributed by atoms with E-state index in [0.717, 1.165) is 19.4 Å². The minimum absolute atomic E-state index is 0.786. The topological polar surface area (TPSA) is 101 Å². The number of carboxylic acid groups (broad SMARTS) is 2. The molecule has 0 saturated heterocycles. The van der Waals surface area contributed by atoms with Crippen molar-refractivity contribution in [2.45, 2.75) is 19.8 Å². The summed E-state index contributed by atoms with van der Waals surface area (Å²) in [5.41, 5.74) is 8.34. The standard InChI is InChI=1S/C8H13N.C2H2O4/c1-7-3-2-4-8(7)5-6-9;3-1(4)2(5)6/h2-3H,4-6,9H2,1H3;(H,3,4)(H,5,6). The average Bonchev–Trinajstić information content (AvgIpc) is 2.53. The molecule has 1 aliphatic rings. The fourth-order valence-corrected chi connectivity index (χ4v) is 1.13. The van der Waals surface area contributed by atoms with Gasteiger partial charge in [0.15, 0.2) is 0 Å². The highest BCUT2D eigenvalue weighted by Crippen LogP contribution is 2.20. The first-order chi connectivity index (χ1) is 6.99. The molecule has 5 nitrogen and oxygen atoms in total. The Morgan fingerprint density at radius 1 is 1.40 bits per heavy atom. The number of rotatable bonds is 2. The molecular weight excluding hydrogens is 198 g/mol. The van der Waals surface area contributed by atoms with Crippen LogP contribution in [0.4, 0.5) is 0 Å². The zero-order valence-electron chi connectivity index (χ0n) is 8.56. The fraction of sp³-hybridized carbons (Fsp3) is 0.400. The Balaban J connectivity index is 0.000000288. The molecule has 5 heteroatoms. The van der Waals surface area contributed by atoms with Gasteiger partial charge in [-0.15, -0.1) is 0 Å². The monoisotopic (exact) mass is 213 g/mol. The molecule has 0 fully saturated rings. The maximum absolute atomic E-state index is 9.10. The first-order valence-corrected chi connectivity index (χ1v) is 4.50. The molecule has 0 aromatic heterocycles. The summed E-state index contributed by atoms with van der Waals surface area (Å²) >= 11 is 0. The molecule has 1 aliphatic carbocycles. The predicted octanol–water partition coefficient (Wildman–Crippen LogP) is 0.767. The van der Waals surface area contributed by atoms with E-state index in [0.29, 0.717) is 0 Å². The Morgan fingerprint density at radius 3 is 2.20 bits per heavy atom. The summed E-state index contributed by atoms with van der Waals surface area (Å²) in [4.78, 5) is 18.2. The number of hydrogen-bond donors (Lipinski definition) is 3. The lowest BCUT2D eigenvalue weighted by molar-refractivity contribution is -0.159. The van der Waals surface area contributed by atoms with Gasteiger partial charge in [-0.2, -0.15) is 0 Å². The maximum Gasteiger partial charge on any atom is 0.414 e. The van der Waals surface area contributed by atoms with Crippen LogP contribution >= 0.6 is 0 Å². The lowest BCUT2D eigenvalue weighted by Gasteiger charge is -1.98. The first-order valence-electron chi connectivity index (χ1n) is 4.50. The summed E-state index contributed by atoms with van der Waals surface area (Å²) in [7, 11) is 0. The van der Waals surface area contributed by atoms with E-state index in [1.165, 1.54) is 11.1 Å². The molecule has 84 valence electrons. The van der Waals surface area contributed by atoms with Crippen molar-refractivity contribution in [1.29, 1.82) is 0 Å².